The van der Waals surface area contributed by atoms with Gasteiger partial charge >= 0.3 is 5.97 Å². The van der Waals surface area contributed by atoms with Gasteiger partial charge in [0.25, 0.3) is 5.91 Å². The third-order valence-electron chi connectivity index (χ3n) is 4.13. The smallest absolute Gasteiger partial charge is 0.357 e. The standard InChI is InChI=1S/C17H17ClN2O5S2/c18-12-3-5-19-15(8-12)17(22)25-10-16(21)20(9-14-2-1-6-26-14)13-4-7-27(23,24)11-13/h1-3,5-6,8,13H,4,7,9-11H2. The molecule has 1 fully saturated rings. The van der Waals surface area contributed by atoms with E-state index >= 15 is 0 Å². The van der Waals surface area contributed by atoms with Crippen molar-refractivity contribution < 1.29 is 22.7 Å². The molecule has 1 aliphatic rings. The first-order chi connectivity index (χ1) is 12.8. The number of carbonyl (C=O) groups is 2. The zero-order valence-corrected chi connectivity index (χ0v) is 16.6. The van der Waals surface area contributed by atoms with E-state index in [1.807, 2.05) is 17.5 Å². The summed E-state index contributed by atoms with van der Waals surface area (Å²) in [5.74, 6) is -1.23. The summed E-state index contributed by atoms with van der Waals surface area (Å²) < 4.78 is 28.7. The van der Waals surface area contributed by atoms with Crippen LogP contribution < -0.4 is 0 Å². The Bertz CT molecular complexity index is 931. The van der Waals surface area contributed by atoms with Gasteiger partial charge in [0.15, 0.2) is 16.4 Å². The predicted molar refractivity (Wildman–Crippen MR) is 101 cm³/mol. The second kappa shape index (κ2) is 8.37. The first kappa shape index (κ1) is 19.8. The second-order valence-corrected chi connectivity index (χ2v) is 9.79. The van der Waals surface area contributed by atoms with Crippen molar-refractivity contribution in [3.8, 4) is 0 Å². The Morgan fingerprint density at radius 3 is 2.81 bits per heavy atom. The number of pyridine rings is 1. The van der Waals surface area contributed by atoms with Crippen LogP contribution in [0.5, 0.6) is 0 Å². The Balaban J connectivity index is 1.68. The maximum absolute atomic E-state index is 12.7. The summed E-state index contributed by atoms with van der Waals surface area (Å²) in [5, 5.41) is 2.22. The van der Waals surface area contributed by atoms with Gasteiger partial charge in [0, 0.05) is 22.1 Å². The minimum absolute atomic E-state index is 0.00329. The third kappa shape index (κ3) is 5.27. The summed E-state index contributed by atoms with van der Waals surface area (Å²) in [5.41, 5.74) is 0.00329. The maximum Gasteiger partial charge on any atom is 0.357 e. The van der Waals surface area contributed by atoms with Crippen LogP contribution in [0.4, 0.5) is 0 Å². The Morgan fingerprint density at radius 2 is 2.19 bits per heavy atom. The molecule has 0 aromatic carbocycles. The average molecular weight is 429 g/mol. The van der Waals surface area contributed by atoms with Gasteiger partial charge in [0.05, 0.1) is 18.1 Å². The van der Waals surface area contributed by atoms with E-state index < -0.39 is 34.4 Å². The number of esters is 1. The van der Waals surface area contributed by atoms with Crippen molar-refractivity contribution in [1.82, 2.24) is 9.88 Å². The molecule has 10 heteroatoms. The van der Waals surface area contributed by atoms with Gasteiger partial charge < -0.3 is 9.64 Å². The Kier molecular flexibility index (Phi) is 6.13. The van der Waals surface area contributed by atoms with Gasteiger partial charge in [-0.25, -0.2) is 18.2 Å². The number of carbonyl (C=O) groups excluding carboxylic acids is 2. The van der Waals surface area contributed by atoms with Crippen molar-refractivity contribution in [3.05, 3.63) is 51.4 Å². The molecule has 7 nitrogen and oxygen atoms in total. The fourth-order valence-corrected chi connectivity index (χ4v) is 5.41. The van der Waals surface area contributed by atoms with Crippen molar-refractivity contribution in [2.75, 3.05) is 18.1 Å². The van der Waals surface area contributed by atoms with Gasteiger partial charge in [-0.05, 0) is 30.0 Å². The number of thiophene rings is 1. The lowest BCUT2D eigenvalue weighted by Gasteiger charge is -2.27. The molecule has 0 saturated carbocycles. The molecular formula is C17H17ClN2O5S2. The van der Waals surface area contributed by atoms with E-state index in [-0.39, 0.29) is 23.7 Å². The van der Waals surface area contributed by atoms with E-state index in [1.165, 1.54) is 34.6 Å². The van der Waals surface area contributed by atoms with Crippen LogP contribution in [0.2, 0.25) is 5.02 Å². The van der Waals surface area contributed by atoms with Gasteiger partial charge in [-0.1, -0.05) is 17.7 Å². The zero-order valence-electron chi connectivity index (χ0n) is 14.2. The maximum atomic E-state index is 12.7. The topological polar surface area (TPSA) is 93.6 Å². The molecule has 0 bridgehead atoms. The van der Waals surface area contributed by atoms with Crippen LogP contribution >= 0.6 is 22.9 Å². The largest absolute Gasteiger partial charge is 0.451 e. The SMILES string of the molecule is O=C(OCC(=O)N(Cc1cccs1)C1CCS(=O)(=O)C1)c1cc(Cl)ccn1. The Labute approximate surface area is 165 Å². The lowest BCUT2D eigenvalue weighted by Crippen LogP contribution is -2.42. The highest BCUT2D eigenvalue weighted by atomic mass is 35.5. The predicted octanol–water partition coefficient (Wildman–Crippen LogP) is 2.17. The number of ether oxygens (including phenoxy) is 1. The molecule has 144 valence electrons. The number of hydrogen-bond donors (Lipinski definition) is 0. The van der Waals surface area contributed by atoms with E-state index in [1.54, 1.807) is 0 Å². The number of sulfone groups is 1. The molecule has 3 heterocycles. The summed E-state index contributed by atoms with van der Waals surface area (Å²) in [4.78, 5) is 31.0. The van der Waals surface area contributed by atoms with E-state index in [4.69, 9.17) is 16.3 Å². The molecule has 0 N–H and O–H groups in total. The first-order valence-corrected chi connectivity index (χ1v) is 11.2. The van der Waals surface area contributed by atoms with E-state index in [9.17, 15) is 18.0 Å². The fraction of sp³-hybridized carbons (Fsp3) is 0.353. The van der Waals surface area contributed by atoms with Crippen LogP contribution in [0.15, 0.2) is 35.8 Å². The summed E-state index contributed by atoms with van der Waals surface area (Å²) in [7, 11) is -3.15. The van der Waals surface area contributed by atoms with Crippen LogP contribution in [-0.4, -0.2) is 54.3 Å². The first-order valence-electron chi connectivity index (χ1n) is 8.15. The molecule has 3 rings (SSSR count). The molecule has 2 aromatic heterocycles. The summed E-state index contributed by atoms with van der Waals surface area (Å²) >= 11 is 7.29. The van der Waals surface area contributed by atoms with Crippen molar-refractivity contribution in [1.29, 1.82) is 0 Å². The minimum Gasteiger partial charge on any atom is -0.451 e. The van der Waals surface area contributed by atoms with Crippen molar-refractivity contribution in [2.45, 2.75) is 19.0 Å². The lowest BCUT2D eigenvalue weighted by atomic mass is 10.2. The summed E-state index contributed by atoms with van der Waals surface area (Å²) in [6, 6.07) is 6.18. The van der Waals surface area contributed by atoms with Gasteiger partial charge in [-0.3, -0.25) is 4.79 Å². The van der Waals surface area contributed by atoms with Crippen LogP contribution in [-0.2, 0) is 25.9 Å². The lowest BCUT2D eigenvalue weighted by molar-refractivity contribution is -0.137. The van der Waals surface area contributed by atoms with Crippen molar-refractivity contribution in [3.63, 3.8) is 0 Å². The monoisotopic (exact) mass is 428 g/mol. The molecule has 0 radical (unpaired) electrons. The minimum atomic E-state index is -3.15. The average Bonchev–Trinajstić information content (AvgIpc) is 3.26. The molecule has 1 amide bonds. The van der Waals surface area contributed by atoms with Gasteiger partial charge in [0.2, 0.25) is 0 Å². The van der Waals surface area contributed by atoms with E-state index in [0.29, 0.717) is 11.4 Å². The molecule has 1 atom stereocenters. The quantitative estimate of drug-likeness (QED) is 0.654. The molecule has 2 aromatic rings. The van der Waals surface area contributed by atoms with Crippen LogP contribution in [0.1, 0.15) is 21.8 Å². The highest BCUT2D eigenvalue weighted by molar-refractivity contribution is 7.91. The molecule has 1 saturated heterocycles. The number of halogens is 1. The summed E-state index contributed by atoms with van der Waals surface area (Å²) in [6.45, 7) is -0.210. The van der Waals surface area contributed by atoms with Crippen LogP contribution in [0.3, 0.4) is 0 Å². The third-order valence-corrected chi connectivity index (χ3v) is 6.98. The van der Waals surface area contributed by atoms with Crippen LogP contribution in [0.25, 0.3) is 0 Å². The fourth-order valence-electron chi connectivity index (χ4n) is 2.81. The number of hydrogen-bond acceptors (Lipinski definition) is 7. The number of rotatable bonds is 6. The molecule has 1 unspecified atom stereocenters. The zero-order chi connectivity index (χ0) is 19.4. The molecule has 27 heavy (non-hydrogen) atoms. The van der Waals surface area contributed by atoms with E-state index in [0.717, 1.165) is 4.88 Å². The van der Waals surface area contributed by atoms with Gasteiger partial charge in [0.1, 0.15) is 5.69 Å². The van der Waals surface area contributed by atoms with Gasteiger partial charge in [-0.2, -0.15) is 0 Å². The molecule has 0 spiro atoms. The van der Waals surface area contributed by atoms with E-state index in [2.05, 4.69) is 4.98 Å². The summed E-state index contributed by atoms with van der Waals surface area (Å²) in [6.07, 6.45) is 1.75. The highest BCUT2D eigenvalue weighted by Crippen LogP contribution is 2.22. The normalized spacial score (nSPS) is 18.2. The molecule has 0 aliphatic carbocycles. The highest BCUT2D eigenvalue weighted by Gasteiger charge is 2.35. The number of nitrogens with zero attached hydrogens (tertiary/aromatic N) is 2. The Hall–Kier alpha value is -1.97. The number of aromatic nitrogens is 1. The van der Waals surface area contributed by atoms with Crippen molar-refractivity contribution in [2.24, 2.45) is 0 Å². The number of amides is 1. The van der Waals surface area contributed by atoms with Crippen molar-refractivity contribution >= 4 is 44.7 Å². The molecule has 1 aliphatic heterocycles. The van der Waals surface area contributed by atoms with Crippen LogP contribution in [0, 0.1) is 0 Å². The van der Waals surface area contributed by atoms with Gasteiger partial charge in [-0.15, -0.1) is 11.3 Å². The Morgan fingerprint density at radius 1 is 1.37 bits per heavy atom. The molecular weight excluding hydrogens is 412 g/mol. The second-order valence-electron chi connectivity index (χ2n) is 6.09.